The molecule has 2 N–H and O–H groups in total. The van der Waals surface area contributed by atoms with Gasteiger partial charge >= 0.3 is 0 Å². The maximum absolute atomic E-state index is 10.4. The van der Waals surface area contributed by atoms with Gasteiger partial charge in [0, 0.05) is 11.8 Å². The van der Waals surface area contributed by atoms with Crippen LogP contribution in [0.25, 0.3) is 0 Å². The van der Waals surface area contributed by atoms with Gasteiger partial charge in [-0.3, -0.25) is 4.18 Å². The number of hydrogen-bond acceptors (Lipinski definition) is 6. The first-order valence-electron chi connectivity index (χ1n) is 8.75. The molecule has 0 radical (unpaired) electrons. The normalized spacial score (nSPS) is 34.5. The SMILES string of the molecule is CC12CCc3c(ccc4c3CC[C@H](OSOOO)C4)C1CC[C@@H]2O. The Kier molecular flexibility index (Phi) is 4.62. The molecule has 3 aliphatic rings. The van der Waals surface area contributed by atoms with Crippen molar-refractivity contribution < 1.29 is 23.9 Å². The maximum atomic E-state index is 10.4. The lowest BCUT2D eigenvalue weighted by molar-refractivity contribution is -0.434. The third-order valence-corrected chi connectivity index (χ3v) is 7.00. The van der Waals surface area contributed by atoms with E-state index in [0.29, 0.717) is 18.2 Å². The largest absolute Gasteiger partial charge is 0.393 e. The summed E-state index contributed by atoms with van der Waals surface area (Å²) in [4.78, 5) is 0. The molecule has 5 nitrogen and oxygen atoms in total. The summed E-state index contributed by atoms with van der Waals surface area (Å²) in [7, 11) is 0. The highest BCUT2D eigenvalue weighted by atomic mass is 32.2. The van der Waals surface area contributed by atoms with E-state index in [1.807, 2.05) is 0 Å². The van der Waals surface area contributed by atoms with Crippen LogP contribution in [0.1, 0.15) is 60.8 Å². The molecule has 132 valence electrons. The van der Waals surface area contributed by atoms with Gasteiger partial charge in [-0.2, -0.15) is 0 Å². The molecule has 1 aromatic rings. The van der Waals surface area contributed by atoms with Gasteiger partial charge in [-0.15, -0.1) is 4.33 Å². The third-order valence-electron chi connectivity index (χ3n) is 6.54. The van der Waals surface area contributed by atoms with Gasteiger partial charge in [-0.1, -0.05) is 24.1 Å². The van der Waals surface area contributed by atoms with Crippen LogP contribution in [-0.4, -0.2) is 22.6 Å². The summed E-state index contributed by atoms with van der Waals surface area (Å²) >= 11 is 0.675. The Morgan fingerprint density at radius 1 is 1.17 bits per heavy atom. The Morgan fingerprint density at radius 2 is 2.04 bits per heavy atom. The van der Waals surface area contributed by atoms with Gasteiger partial charge in [-0.05, 0) is 66.7 Å². The minimum Gasteiger partial charge on any atom is -0.393 e. The predicted octanol–water partition coefficient (Wildman–Crippen LogP) is 3.74. The van der Waals surface area contributed by atoms with Crippen molar-refractivity contribution in [1.82, 2.24) is 0 Å². The first-order valence-corrected chi connectivity index (χ1v) is 9.42. The van der Waals surface area contributed by atoms with Crippen LogP contribution in [0.2, 0.25) is 0 Å². The Hall–Kier alpha value is -0.630. The molecule has 0 amide bonds. The number of rotatable bonds is 4. The average molecular weight is 352 g/mol. The van der Waals surface area contributed by atoms with Gasteiger partial charge in [-0.25, -0.2) is 5.26 Å². The van der Waals surface area contributed by atoms with E-state index >= 15 is 0 Å². The summed E-state index contributed by atoms with van der Waals surface area (Å²) in [6.45, 7) is 2.27. The highest BCUT2D eigenvalue weighted by Crippen LogP contribution is 2.56. The van der Waals surface area contributed by atoms with E-state index < -0.39 is 0 Å². The molecule has 0 saturated heterocycles. The molecular formula is C18H24O5S. The van der Waals surface area contributed by atoms with E-state index in [2.05, 4.69) is 28.4 Å². The van der Waals surface area contributed by atoms with Crippen LogP contribution in [0, 0.1) is 5.41 Å². The smallest absolute Gasteiger partial charge is 0.197 e. The van der Waals surface area contributed by atoms with Crippen molar-refractivity contribution in [2.24, 2.45) is 5.41 Å². The summed E-state index contributed by atoms with van der Waals surface area (Å²) in [5.74, 6) is 0.501. The number of hydrogen-bond donors (Lipinski definition) is 2. The van der Waals surface area contributed by atoms with Crippen molar-refractivity contribution in [2.45, 2.75) is 70.0 Å². The third kappa shape index (κ3) is 2.69. The lowest BCUT2D eigenvalue weighted by Crippen LogP contribution is -2.36. The maximum Gasteiger partial charge on any atom is 0.197 e. The standard InChI is InChI=1S/C18H24O5S/c1-18-9-8-14-13-5-3-12(21-24-23-22-20)10-11(13)2-4-15(14)16(18)6-7-17(18)19/h2,4,12,16-17,19-20H,3,5-10H2,1H3/t12-,16?,17-,18?/m0/s1. The van der Waals surface area contributed by atoms with Gasteiger partial charge in [0.2, 0.25) is 0 Å². The summed E-state index contributed by atoms with van der Waals surface area (Å²) in [5, 5.41) is 22.1. The molecule has 0 spiro atoms. The first kappa shape index (κ1) is 16.8. The summed E-state index contributed by atoms with van der Waals surface area (Å²) < 4.78 is 9.81. The fourth-order valence-electron chi connectivity index (χ4n) is 5.16. The number of aliphatic hydroxyl groups excluding tert-OH is 1. The monoisotopic (exact) mass is 352 g/mol. The molecule has 0 aromatic heterocycles. The molecule has 4 rings (SSSR count). The van der Waals surface area contributed by atoms with Crippen LogP contribution in [0.3, 0.4) is 0 Å². The first-order chi connectivity index (χ1) is 11.6. The molecule has 1 fully saturated rings. The highest BCUT2D eigenvalue weighted by molar-refractivity contribution is 7.89. The van der Waals surface area contributed by atoms with Crippen LogP contribution in [0.15, 0.2) is 12.1 Å². The number of benzene rings is 1. The molecule has 1 saturated carbocycles. The van der Waals surface area contributed by atoms with E-state index in [1.54, 1.807) is 0 Å². The fourth-order valence-corrected chi connectivity index (χ4v) is 5.50. The lowest BCUT2D eigenvalue weighted by atomic mass is 9.64. The molecular weight excluding hydrogens is 328 g/mol. The molecule has 6 heteroatoms. The van der Waals surface area contributed by atoms with Crippen molar-refractivity contribution in [3.8, 4) is 0 Å². The van der Waals surface area contributed by atoms with Crippen LogP contribution in [-0.2, 0) is 32.8 Å². The highest BCUT2D eigenvalue weighted by Gasteiger charge is 2.49. The molecule has 4 atom stereocenters. The van der Waals surface area contributed by atoms with Gasteiger partial charge < -0.3 is 5.11 Å². The number of aliphatic hydroxyl groups is 1. The zero-order valence-corrected chi connectivity index (χ0v) is 14.7. The van der Waals surface area contributed by atoms with Gasteiger partial charge in [0.15, 0.2) is 12.3 Å². The summed E-state index contributed by atoms with van der Waals surface area (Å²) in [6.07, 6.45) is 6.90. The molecule has 0 bridgehead atoms. The van der Waals surface area contributed by atoms with Crippen LogP contribution in [0.5, 0.6) is 0 Å². The molecule has 3 aliphatic carbocycles. The Labute approximate surface area is 146 Å². The molecule has 2 unspecified atom stereocenters. The number of fused-ring (bicyclic) bond motifs is 5. The van der Waals surface area contributed by atoms with E-state index in [4.69, 9.17) is 9.44 Å². The van der Waals surface area contributed by atoms with E-state index in [-0.39, 0.29) is 17.6 Å². The van der Waals surface area contributed by atoms with Gasteiger partial charge in [0.25, 0.3) is 0 Å². The second kappa shape index (κ2) is 6.59. The van der Waals surface area contributed by atoms with Crippen LogP contribution >= 0.6 is 12.3 Å². The average Bonchev–Trinajstić information content (AvgIpc) is 2.90. The quantitative estimate of drug-likeness (QED) is 0.372. The summed E-state index contributed by atoms with van der Waals surface area (Å²) in [6, 6.07) is 4.53. The van der Waals surface area contributed by atoms with Crippen molar-refractivity contribution in [1.29, 1.82) is 0 Å². The predicted molar refractivity (Wildman–Crippen MR) is 90.1 cm³/mol. The van der Waals surface area contributed by atoms with Crippen LogP contribution in [0.4, 0.5) is 0 Å². The van der Waals surface area contributed by atoms with Gasteiger partial charge in [0.05, 0.1) is 12.2 Å². The lowest BCUT2D eigenvalue weighted by Gasteiger charge is -2.41. The second-order valence-electron chi connectivity index (χ2n) is 7.59. The fraction of sp³-hybridized carbons (Fsp3) is 0.667. The topological polar surface area (TPSA) is 68.2 Å². The Bertz CT molecular complexity index is 622. The molecule has 0 heterocycles. The minimum absolute atomic E-state index is 0.0554. The van der Waals surface area contributed by atoms with E-state index in [1.165, 1.54) is 22.3 Å². The van der Waals surface area contributed by atoms with E-state index in [9.17, 15) is 5.11 Å². The van der Waals surface area contributed by atoms with Crippen molar-refractivity contribution in [3.05, 3.63) is 34.4 Å². The second-order valence-corrected chi connectivity index (χ2v) is 8.06. The molecule has 1 aromatic carbocycles. The minimum atomic E-state index is -0.157. The van der Waals surface area contributed by atoms with Crippen molar-refractivity contribution in [3.63, 3.8) is 0 Å². The molecule has 24 heavy (non-hydrogen) atoms. The van der Waals surface area contributed by atoms with Gasteiger partial charge in [0.1, 0.15) is 0 Å². The Morgan fingerprint density at radius 3 is 2.88 bits per heavy atom. The van der Waals surface area contributed by atoms with Crippen molar-refractivity contribution in [2.75, 3.05) is 0 Å². The summed E-state index contributed by atoms with van der Waals surface area (Å²) in [5.41, 5.74) is 5.92. The zero-order valence-electron chi connectivity index (χ0n) is 13.9. The molecule has 0 aliphatic heterocycles. The Balaban J connectivity index is 1.57. The van der Waals surface area contributed by atoms with E-state index in [0.717, 1.165) is 44.9 Å². The van der Waals surface area contributed by atoms with Crippen molar-refractivity contribution >= 4 is 12.3 Å². The van der Waals surface area contributed by atoms with Crippen LogP contribution < -0.4 is 0 Å². The zero-order chi connectivity index (χ0) is 16.7.